The first kappa shape index (κ1) is 22.2. The van der Waals surface area contributed by atoms with Gasteiger partial charge in [0, 0.05) is 50.3 Å². The molecule has 3 rings (SSSR count). The molecule has 2 heterocycles. The summed E-state index contributed by atoms with van der Waals surface area (Å²) in [6, 6.07) is 13.2. The van der Waals surface area contributed by atoms with Crippen LogP contribution in [0.25, 0.3) is 0 Å². The second-order valence-electron chi connectivity index (χ2n) is 7.28. The van der Waals surface area contributed by atoms with E-state index in [0.717, 1.165) is 30.0 Å². The molecule has 0 saturated carbocycles. The number of nitrogens with zero attached hydrogens (tertiary/aromatic N) is 4. The van der Waals surface area contributed by atoms with Crippen LogP contribution in [0.2, 0.25) is 0 Å². The van der Waals surface area contributed by atoms with Gasteiger partial charge < -0.3 is 15.5 Å². The van der Waals surface area contributed by atoms with Gasteiger partial charge >= 0.3 is 0 Å². The Bertz CT molecular complexity index is 960. The molecule has 1 amide bonds. The molecule has 31 heavy (non-hydrogen) atoms. The van der Waals surface area contributed by atoms with Gasteiger partial charge in [-0.25, -0.2) is 9.37 Å². The van der Waals surface area contributed by atoms with Crippen molar-refractivity contribution in [1.82, 2.24) is 9.97 Å². The summed E-state index contributed by atoms with van der Waals surface area (Å²) in [4.78, 5) is 25.2. The Morgan fingerprint density at radius 2 is 1.77 bits per heavy atom. The highest BCUT2D eigenvalue weighted by Gasteiger charge is 2.25. The summed E-state index contributed by atoms with van der Waals surface area (Å²) in [6.07, 6.45) is 5.61. The summed E-state index contributed by atoms with van der Waals surface area (Å²) in [5.41, 5.74) is 8.34. The minimum atomic E-state index is -0.628. The summed E-state index contributed by atoms with van der Waals surface area (Å²) < 4.78 is 13.5. The third-order valence-electron chi connectivity index (χ3n) is 5.26. The molecule has 0 aliphatic heterocycles. The third kappa shape index (κ3) is 5.78. The van der Waals surface area contributed by atoms with Crippen molar-refractivity contribution in [1.29, 1.82) is 0 Å². The predicted octanol–water partition coefficient (Wildman–Crippen LogP) is 3.57. The molecule has 1 atom stereocenters. The number of hydrogen-bond donors (Lipinski definition) is 1. The lowest BCUT2D eigenvalue weighted by atomic mass is 10.0. The van der Waals surface area contributed by atoms with Gasteiger partial charge in [0.2, 0.25) is 5.91 Å². The number of rotatable bonds is 10. The molecule has 2 aromatic heterocycles. The van der Waals surface area contributed by atoms with E-state index in [1.165, 1.54) is 12.1 Å². The number of hydrogen-bond acceptors (Lipinski definition) is 5. The number of carbonyl (C=O) groups excluding carboxylic acids is 1. The van der Waals surface area contributed by atoms with Crippen LogP contribution in [0.1, 0.15) is 25.0 Å². The molecular weight excluding hydrogens is 393 g/mol. The lowest BCUT2D eigenvalue weighted by Crippen LogP contribution is -2.46. The Morgan fingerprint density at radius 1 is 1.03 bits per heavy atom. The molecule has 0 fully saturated rings. The monoisotopic (exact) mass is 421 g/mol. The van der Waals surface area contributed by atoms with Crippen LogP contribution in [0.4, 0.5) is 15.9 Å². The lowest BCUT2D eigenvalue weighted by Gasteiger charge is -2.32. The molecule has 0 radical (unpaired) electrons. The fourth-order valence-electron chi connectivity index (χ4n) is 3.56. The molecule has 7 heteroatoms. The molecule has 0 spiro atoms. The van der Waals surface area contributed by atoms with Crippen molar-refractivity contribution in [2.45, 2.75) is 32.9 Å². The van der Waals surface area contributed by atoms with E-state index in [1.807, 2.05) is 35.4 Å². The van der Waals surface area contributed by atoms with Gasteiger partial charge in [-0.05, 0) is 61.4 Å². The normalized spacial score (nSPS) is 11.7. The zero-order valence-electron chi connectivity index (χ0n) is 17.9. The molecule has 0 unspecified atom stereocenters. The lowest BCUT2D eigenvalue weighted by molar-refractivity contribution is -0.119. The van der Waals surface area contributed by atoms with E-state index in [4.69, 9.17) is 5.73 Å². The van der Waals surface area contributed by atoms with Crippen molar-refractivity contribution in [3.8, 4) is 0 Å². The molecule has 0 aliphatic carbocycles. The molecule has 3 aromatic rings. The number of amides is 1. The van der Waals surface area contributed by atoms with Crippen LogP contribution in [0, 0.1) is 5.82 Å². The van der Waals surface area contributed by atoms with E-state index in [-0.39, 0.29) is 5.82 Å². The van der Waals surface area contributed by atoms with Crippen LogP contribution in [-0.2, 0) is 17.8 Å². The number of anilines is 2. The van der Waals surface area contributed by atoms with E-state index in [9.17, 15) is 9.18 Å². The number of carbonyl (C=O) groups is 1. The van der Waals surface area contributed by atoms with Gasteiger partial charge in [0.05, 0.1) is 0 Å². The van der Waals surface area contributed by atoms with Gasteiger partial charge in [-0.3, -0.25) is 9.78 Å². The Balaban J connectivity index is 1.92. The molecular formula is C24H28FN5O. The van der Waals surface area contributed by atoms with Crippen molar-refractivity contribution >= 4 is 17.4 Å². The van der Waals surface area contributed by atoms with Crippen LogP contribution in [-0.4, -0.2) is 35.0 Å². The van der Waals surface area contributed by atoms with Gasteiger partial charge in [-0.15, -0.1) is 0 Å². The van der Waals surface area contributed by atoms with Crippen LogP contribution in [0.3, 0.4) is 0 Å². The topological polar surface area (TPSA) is 75.3 Å². The first-order valence-electron chi connectivity index (χ1n) is 10.4. The highest BCUT2D eigenvalue weighted by molar-refractivity contribution is 5.84. The second-order valence-corrected chi connectivity index (χ2v) is 7.28. The first-order valence-corrected chi connectivity index (χ1v) is 10.4. The average molecular weight is 422 g/mol. The van der Waals surface area contributed by atoms with Crippen molar-refractivity contribution in [3.05, 3.63) is 84.1 Å². The Morgan fingerprint density at radius 3 is 2.32 bits per heavy atom. The van der Waals surface area contributed by atoms with Crippen molar-refractivity contribution in [2.24, 2.45) is 5.73 Å². The number of pyridine rings is 2. The average Bonchev–Trinajstić information content (AvgIpc) is 2.79. The van der Waals surface area contributed by atoms with Gasteiger partial charge in [0.1, 0.15) is 17.7 Å². The number of nitrogens with two attached hydrogens (primary N) is 1. The van der Waals surface area contributed by atoms with Gasteiger partial charge in [0.25, 0.3) is 0 Å². The minimum absolute atomic E-state index is 0.336. The fraction of sp³-hybridized carbons (Fsp3) is 0.292. The zero-order chi connectivity index (χ0) is 22.2. The van der Waals surface area contributed by atoms with E-state index >= 15 is 0 Å². The van der Waals surface area contributed by atoms with Crippen LogP contribution >= 0.6 is 0 Å². The second kappa shape index (κ2) is 10.5. The van der Waals surface area contributed by atoms with Gasteiger partial charge in [0.15, 0.2) is 0 Å². The van der Waals surface area contributed by atoms with Crippen LogP contribution < -0.4 is 15.5 Å². The van der Waals surface area contributed by atoms with E-state index < -0.39 is 11.9 Å². The number of primary amides is 1. The highest BCUT2D eigenvalue weighted by atomic mass is 19.1. The van der Waals surface area contributed by atoms with E-state index in [2.05, 4.69) is 28.7 Å². The summed E-state index contributed by atoms with van der Waals surface area (Å²) >= 11 is 0. The van der Waals surface area contributed by atoms with Crippen molar-refractivity contribution in [2.75, 3.05) is 22.9 Å². The summed E-state index contributed by atoms with van der Waals surface area (Å²) in [5.74, 6) is 0.113. The molecule has 1 aromatic carbocycles. The van der Waals surface area contributed by atoms with Crippen molar-refractivity contribution < 1.29 is 9.18 Å². The molecule has 0 bridgehead atoms. The molecule has 162 valence electrons. The van der Waals surface area contributed by atoms with E-state index in [1.54, 1.807) is 24.5 Å². The van der Waals surface area contributed by atoms with Crippen molar-refractivity contribution in [3.63, 3.8) is 0 Å². The number of aromatic nitrogens is 2. The maximum atomic E-state index is 13.5. The standard InChI is InChI=1S/C24H28FN5O/c1-3-29(4-2)23-12-7-19(16-28-23)17-30(21-10-8-20(25)9-11-21)22(24(26)31)14-18-6-5-13-27-15-18/h5-13,15-16,22H,3-4,14,17H2,1-2H3,(H2,26,31)/t22-/m0/s1. The largest absolute Gasteiger partial charge is 0.368 e. The minimum Gasteiger partial charge on any atom is -0.368 e. The Hall–Kier alpha value is -3.48. The van der Waals surface area contributed by atoms with E-state index in [0.29, 0.717) is 18.7 Å². The first-order chi connectivity index (χ1) is 15.0. The summed E-state index contributed by atoms with van der Waals surface area (Å²) in [7, 11) is 0. The molecule has 0 aliphatic rings. The fourth-order valence-corrected chi connectivity index (χ4v) is 3.56. The molecule has 2 N–H and O–H groups in total. The highest BCUT2D eigenvalue weighted by Crippen LogP contribution is 2.23. The summed E-state index contributed by atoms with van der Waals surface area (Å²) in [5, 5.41) is 0. The van der Waals surface area contributed by atoms with Crippen LogP contribution in [0.5, 0.6) is 0 Å². The Kier molecular flexibility index (Phi) is 7.54. The number of halogens is 1. The quantitative estimate of drug-likeness (QED) is 0.542. The van der Waals surface area contributed by atoms with Gasteiger partial charge in [-0.2, -0.15) is 0 Å². The smallest absolute Gasteiger partial charge is 0.240 e. The van der Waals surface area contributed by atoms with Gasteiger partial charge in [-0.1, -0.05) is 12.1 Å². The molecule has 6 nitrogen and oxygen atoms in total. The maximum absolute atomic E-state index is 13.5. The van der Waals surface area contributed by atoms with Crippen LogP contribution in [0.15, 0.2) is 67.1 Å². The third-order valence-corrected chi connectivity index (χ3v) is 5.26. The predicted molar refractivity (Wildman–Crippen MR) is 121 cm³/mol. The zero-order valence-corrected chi connectivity index (χ0v) is 17.9. The SMILES string of the molecule is CCN(CC)c1ccc(CN(c2ccc(F)cc2)[C@@H](Cc2cccnc2)C(N)=O)cn1. The number of benzene rings is 1. The Labute approximate surface area is 182 Å². The summed E-state index contributed by atoms with van der Waals surface area (Å²) in [6.45, 7) is 6.33. The maximum Gasteiger partial charge on any atom is 0.240 e. The molecule has 0 saturated heterocycles.